The molecule has 0 aliphatic rings. The highest BCUT2D eigenvalue weighted by Crippen LogP contribution is 2.20. The summed E-state index contributed by atoms with van der Waals surface area (Å²) in [7, 11) is 0. The number of hydrogen-bond donors (Lipinski definition) is 0. The maximum Gasteiger partial charge on any atom is 0.331 e. The Labute approximate surface area is 136 Å². The number of benzene rings is 2. The lowest BCUT2D eigenvalue weighted by Gasteiger charge is -2.17. The lowest BCUT2D eigenvalue weighted by atomic mass is 10.0. The lowest BCUT2D eigenvalue weighted by molar-refractivity contribution is -0.148. The molecule has 116 valence electrons. The molecule has 0 aromatic heterocycles. The van der Waals surface area contributed by atoms with Crippen LogP contribution >= 0.6 is 0 Å². The van der Waals surface area contributed by atoms with Crippen molar-refractivity contribution in [2.24, 2.45) is 0 Å². The molecule has 0 radical (unpaired) electrons. The van der Waals surface area contributed by atoms with Crippen LogP contribution < -0.4 is 0 Å². The van der Waals surface area contributed by atoms with Crippen molar-refractivity contribution in [2.45, 2.75) is 26.4 Å². The van der Waals surface area contributed by atoms with Gasteiger partial charge in [0.15, 0.2) is 0 Å². The molecule has 0 atom stereocenters. The second-order valence-corrected chi connectivity index (χ2v) is 6.18. The van der Waals surface area contributed by atoms with Gasteiger partial charge in [0.05, 0.1) is 11.6 Å². The molecule has 0 N–H and O–H groups in total. The van der Waals surface area contributed by atoms with Crippen LogP contribution in [0.4, 0.5) is 0 Å². The van der Waals surface area contributed by atoms with Crippen LogP contribution in [-0.2, 0) is 9.53 Å². The number of esters is 1. The molecule has 23 heavy (non-hydrogen) atoms. The maximum absolute atomic E-state index is 11.6. The molecule has 2 aromatic rings. The van der Waals surface area contributed by atoms with Crippen molar-refractivity contribution in [1.82, 2.24) is 0 Å². The summed E-state index contributed by atoms with van der Waals surface area (Å²) in [6.07, 6.45) is 3.17. The summed E-state index contributed by atoms with van der Waals surface area (Å²) in [5.41, 5.74) is 3.19. The molecule has 3 heteroatoms. The summed E-state index contributed by atoms with van der Waals surface area (Å²) in [6.45, 7) is 5.52. The predicted molar refractivity (Wildman–Crippen MR) is 91.5 cm³/mol. The fourth-order valence-electron chi connectivity index (χ4n) is 2.02. The molecular formula is C20H19NO2. The summed E-state index contributed by atoms with van der Waals surface area (Å²) in [5, 5.41) is 8.81. The molecule has 0 unspecified atom stereocenters. The van der Waals surface area contributed by atoms with E-state index in [9.17, 15) is 4.79 Å². The number of ether oxygens (including phenoxy) is 1. The second-order valence-electron chi connectivity index (χ2n) is 6.18. The third-order valence-electron chi connectivity index (χ3n) is 3.08. The second kappa shape index (κ2) is 6.93. The third kappa shape index (κ3) is 5.12. The van der Waals surface area contributed by atoms with Crippen LogP contribution in [0.5, 0.6) is 0 Å². The molecule has 0 spiro atoms. The molecule has 0 saturated heterocycles. The minimum absolute atomic E-state index is 0.353. The summed E-state index contributed by atoms with van der Waals surface area (Å²) in [5.74, 6) is -0.353. The highest BCUT2D eigenvalue weighted by molar-refractivity contribution is 5.87. The van der Waals surface area contributed by atoms with Gasteiger partial charge in [0.2, 0.25) is 0 Å². The molecule has 3 nitrogen and oxygen atoms in total. The van der Waals surface area contributed by atoms with Gasteiger partial charge >= 0.3 is 5.97 Å². The van der Waals surface area contributed by atoms with E-state index in [0.717, 1.165) is 16.7 Å². The number of nitriles is 1. The smallest absolute Gasteiger partial charge is 0.331 e. The average Bonchev–Trinajstić information content (AvgIpc) is 2.52. The standard InChI is InChI=1S/C20H19NO2/c1-20(2,3)23-19(22)13-8-15-4-9-17(10-5-15)18-11-6-16(14-21)7-12-18/h4-13H,1-3H3/b13-8+. The summed E-state index contributed by atoms with van der Waals surface area (Å²) in [6, 6.07) is 17.4. The van der Waals surface area contributed by atoms with E-state index in [1.54, 1.807) is 18.2 Å². The van der Waals surface area contributed by atoms with E-state index in [1.807, 2.05) is 57.2 Å². The maximum atomic E-state index is 11.6. The first-order valence-corrected chi connectivity index (χ1v) is 7.39. The molecule has 2 rings (SSSR count). The van der Waals surface area contributed by atoms with E-state index < -0.39 is 5.60 Å². The quantitative estimate of drug-likeness (QED) is 0.616. The Balaban J connectivity index is 2.07. The van der Waals surface area contributed by atoms with Crippen molar-refractivity contribution < 1.29 is 9.53 Å². The molecule has 0 fully saturated rings. The van der Waals surface area contributed by atoms with Crippen LogP contribution in [0.1, 0.15) is 31.9 Å². The van der Waals surface area contributed by atoms with E-state index in [1.165, 1.54) is 6.08 Å². The highest BCUT2D eigenvalue weighted by atomic mass is 16.6. The zero-order chi connectivity index (χ0) is 16.9. The molecule has 0 saturated carbocycles. The first-order valence-electron chi connectivity index (χ1n) is 7.39. The molecular weight excluding hydrogens is 286 g/mol. The van der Waals surface area contributed by atoms with Crippen LogP contribution in [0.3, 0.4) is 0 Å². The van der Waals surface area contributed by atoms with Crippen molar-refractivity contribution in [3.05, 3.63) is 65.7 Å². The van der Waals surface area contributed by atoms with Crippen molar-refractivity contribution in [3.63, 3.8) is 0 Å². The molecule has 2 aromatic carbocycles. The molecule has 0 aliphatic heterocycles. The predicted octanol–water partition coefficient (Wildman–Crippen LogP) is 4.58. The Kier molecular flexibility index (Phi) is 4.98. The van der Waals surface area contributed by atoms with Gasteiger partial charge in [0, 0.05) is 6.08 Å². The Morgan fingerprint density at radius 1 is 1.00 bits per heavy atom. The zero-order valence-corrected chi connectivity index (χ0v) is 13.5. The van der Waals surface area contributed by atoms with Gasteiger partial charge in [0.25, 0.3) is 0 Å². The summed E-state index contributed by atoms with van der Waals surface area (Å²) < 4.78 is 5.22. The van der Waals surface area contributed by atoms with Gasteiger partial charge in [-0.05, 0) is 55.7 Å². The summed E-state index contributed by atoms with van der Waals surface area (Å²) >= 11 is 0. The van der Waals surface area contributed by atoms with E-state index in [0.29, 0.717) is 5.56 Å². The van der Waals surface area contributed by atoms with Crippen molar-refractivity contribution in [3.8, 4) is 17.2 Å². The van der Waals surface area contributed by atoms with Gasteiger partial charge in [-0.1, -0.05) is 36.4 Å². The number of carbonyl (C=O) groups excluding carboxylic acids is 1. The Bertz CT molecular complexity index is 742. The van der Waals surface area contributed by atoms with Crippen molar-refractivity contribution >= 4 is 12.0 Å². The highest BCUT2D eigenvalue weighted by Gasteiger charge is 2.13. The first kappa shape index (κ1) is 16.5. The molecule has 0 bridgehead atoms. The van der Waals surface area contributed by atoms with E-state index in [4.69, 9.17) is 10.00 Å². The van der Waals surface area contributed by atoms with Gasteiger partial charge in [-0.25, -0.2) is 4.79 Å². The Morgan fingerprint density at radius 2 is 1.52 bits per heavy atom. The topological polar surface area (TPSA) is 50.1 Å². The third-order valence-corrected chi connectivity index (χ3v) is 3.08. The van der Waals surface area contributed by atoms with E-state index >= 15 is 0 Å². The summed E-state index contributed by atoms with van der Waals surface area (Å²) in [4.78, 5) is 11.6. The number of carbonyl (C=O) groups is 1. The SMILES string of the molecule is CC(C)(C)OC(=O)/C=C/c1ccc(-c2ccc(C#N)cc2)cc1. The van der Waals surface area contributed by atoms with Crippen LogP contribution in [0, 0.1) is 11.3 Å². The zero-order valence-electron chi connectivity index (χ0n) is 13.5. The first-order chi connectivity index (χ1) is 10.9. The molecule has 0 amide bonds. The van der Waals surface area contributed by atoms with Crippen LogP contribution in [0.25, 0.3) is 17.2 Å². The van der Waals surface area contributed by atoms with E-state index in [2.05, 4.69) is 6.07 Å². The van der Waals surface area contributed by atoms with Crippen molar-refractivity contribution in [1.29, 1.82) is 5.26 Å². The van der Waals surface area contributed by atoms with Gasteiger partial charge in [-0.3, -0.25) is 0 Å². The van der Waals surface area contributed by atoms with E-state index in [-0.39, 0.29) is 5.97 Å². The minimum atomic E-state index is -0.485. The minimum Gasteiger partial charge on any atom is -0.457 e. The van der Waals surface area contributed by atoms with Gasteiger partial charge < -0.3 is 4.74 Å². The number of rotatable bonds is 3. The lowest BCUT2D eigenvalue weighted by Crippen LogP contribution is -2.22. The largest absolute Gasteiger partial charge is 0.457 e. The fourth-order valence-corrected chi connectivity index (χ4v) is 2.02. The van der Waals surface area contributed by atoms with Crippen LogP contribution in [0.2, 0.25) is 0 Å². The van der Waals surface area contributed by atoms with Crippen molar-refractivity contribution in [2.75, 3.05) is 0 Å². The molecule has 0 aliphatic carbocycles. The number of nitrogens with zero attached hydrogens (tertiary/aromatic N) is 1. The van der Waals surface area contributed by atoms with Gasteiger partial charge in [0.1, 0.15) is 5.60 Å². The fraction of sp³-hybridized carbons (Fsp3) is 0.200. The average molecular weight is 305 g/mol. The normalized spacial score (nSPS) is 11.2. The molecule has 0 heterocycles. The van der Waals surface area contributed by atoms with Crippen LogP contribution in [-0.4, -0.2) is 11.6 Å². The Morgan fingerprint density at radius 3 is 2.00 bits per heavy atom. The van der Waals surface area contributed by atoms with Gasteiger partial charge in [-0.2, -0.15) is 5.26 Å². The van der Waals surface area contributed by atoms with Gasteiger partial charge in [-0.15, -0.1) is 0 Å². The monoisotopic (exact) mass is 305 g/mol. The van der Waals surface area contributed by atoms with Crippen LogP contribution in [0.15, 0.2) is 54.6 Å². The Hall–Kier alpha value is -2.86. The number of hydrogen-bond acceptors (Lipinski definition) is 3.